The number of nitrogens with zero attached hydrogens (tertiary/aromatic N) is 4. The molecule has 3 heterocycles. The first-order valence-electron chi connectivity index (χ1n) is 12.5. The van der Waals surface area contributed by atoms with Gasteiger partial charge < -0.3 is 9.47 Å². The van der Waals surface area contributed by atoms with E-state index < -0.39 is 9.84 Å². The minimum Gasteiger partial charge on any atom is -0.369 e. The zero-order valence-electron chi connectivity index (χ0n) is 21.6. The average Bonchev–Trinajstić information content (AvgIpc) is 3.19. The van der Waals surface area contributed by atoms with Crippen LogP contribution in [0.25, 0.3) is 33.4 Å². The van der Waals surface area contributed by atoms with Crippen LogP contribution < -0.4 is 4.90 Å². The highest BCUT2D eigenvalue weighted by Gasteiger charge is 2.25. The van der Waals surface area contributed by atoms with Crippen LogP contribution in [0.15, 0.2) is 71.8 Å². The third-order valence-corrected chi connectivity index (χ3v) is 8.51. The molecule has 0 aliphatic carbocycles. The zero-order valence-corrected chi connectivity index (χ0v) is 22.5. The highest BCUT2D eigenvalue weighted by atomic mass is 32.2. The maximum absolute atomic E-state index is 11.8. The fraction of sp³-hybridized carbons (Fsp3) is 0.345. The van der Waals surface area contributed by atoms with Crippen LogP contribution >= 0.6 is 0 Å². The zero-order chi connectivity index (χ0) is 25.6. The molecule has 7 heteroatoms. The second-order valence-electron chi connectivity index (χ2n) is 10.2. The summed E-state index contributed by atoms with van der Waals surface area (Å²) in [6.45, 7) is 10.0. The summed E-state index contributed by atoms with van der Waals surface area (Å²) in [6, 6.07) is 21.2. The Kier molecular flexibility index (Phi) is 6.39. The summed E-state index contributed by atoms with van der Waals surface area (Å²) >= 11 is 0. The molecule has 5 rings (SSSR count). The van der Waals surface area contributed by atoms with E-state index in [1.807, 2.05) is 25.4 Å². The Hall–Kier alpha value is -3.16. The summed E-state index contributed by atoms with van der Waals surface area (Å²) in [5, 5.41) is 0. The van der Waals surface area contributed by atoms with Crippen molar-refractivity contribution < 1.29 is 8.42 Å². The van der Waals surface area contributed by atoms with Gasteiger partial charge in [-0.15, -0.1) is 0 Å². The molecule has 2 aromatic carbocycles. The van der Waals surface area contributed by atoms with Crippen molar-refractivity contribution in [3.63, 3.8) is 0 Å². The molecule has 36 heavy (non-hydrogen) atoms. The van der Waals surface area contributed by atoms with Crippen LogP contribution in [0.1, 0.15) is 20.8 Å². The number of hydrogen-bond acceptors (Lipinski definition) is 5. The van der Waals surface area contributed by atoms with Crippen LogP contribution in [0.2, 0.25) is 0 Å². The van der Waals surface area contributed by atoms with Crippen LogP contribution in [-0.2, 0) is 16.9 Å². The summed E-state index contributed by atoms with van der Waals surface area (Å²) in [4.78, 5) is 10.1. The van der Waals surface area contributed by atoms with Crippen molar-refractivity contribution in [1.29, 1.82) is 0 Å². The predicted octanol–water partition coefficient (Wildman–Crippen LogP) is 5.23. The topological polar surface area (TPSA) is 58.4 Å². The Morgan fingerprint density at radius 3 is 2.19 bits per heavy atom. The molecule has 188 valence electrons. The van der Waals surface area contributed by atoms with Gasteiger partial charge >= 0.3 is 0 Å². The van der Waals surface area contributed by atoms with Crippen LogP contribution in [0.3, 0.4) is 0 Å². The monoisotopic (exact) mass is 502 g/mol. The van der Waals surface area contributed by atoms with Crippen molar-refractivity contribution >= 4 is 26.6 Å². The fourth-order valence-corrected chi connectivity index (χ4v) is 5.98. The first kappa shape index (κ1) is 24.5. The molecule has 1 aliphatic rings. The third kappa shape index (κ3) is 4.65. The van der Waals surface area contributed by atoms with Crippen molar-refractivity contribution in [2.45, 2.75) is 37.8 Å². The lowest BCUT2D eigenvalue weighted by molar-refractivity contribution is 0.148. The molecular formula is C29H34N4O2S. The van der Waals surface area contributed by atoms with E-state index in [0.717, 1.165) is 53.1 Å². The van der Waals surface area contributed by atoms with Gasteiger partial charge in [-0.25, -0.2) is 8.42 Å². The van der Waals surface area contributed by atoms with E-state index in [1.165, 1.54) is 11.9 Å². The number of benzene rings is 2. The number of aryl methyl sites for hydroxylation is 1. The first-order chi connectivity index (χ1) is 17.1. The Balaban J connectivity index is 1.39. The van der Waals surface area contributed by atoms with Gasteiger partial charge in [0, 0.05) is 62.5 Å². The molecule has 4 aromatic rings. The standard InChI is InChI=1S/C29H34N4O2S/c1-20(2)33-15-14-32(19-21(33)3)25-10-6-22(7-11-25)24-16-29-27(30-18-24)17-28(31(29)4)23-8-12-26(13-9-23)36(5,34)35/h6-13,16-18,20-21H,14-15,19H2,1-5H3/t21-/m1/s1. The van der Waals surface area contributed by atoms with E-state index in [0.29, 0.717) is 17.0 Å². The van der Waals surface area contributed by atoms with Gasteiger partial charge in [-0.2, -0.15) is 0 Å². The number of fused-ring (bicyclic) bond motifs is 1. The minimum absolute atomic E-state index is 0.324. The Morgan fingerprint density at radius 1 is 0.917 bits per heavy atom. The number of piperazine rings is 1. The maximum Gasteiger partial charge on any atom is 0.175 e. The predicted molar refractivity (Wildman–Crippen MR) is 148 cm³/mol. The van der Waals surface area contributed by atoms with Crippen molar-refractivity contribution in [3.8, 4) is 22.4 Å². The lowest BCUT2D eigenvalue weighted by Gasteiger charge is -2.43. The molecule has 0 unspecified atom stereocenters. The highest BCUT2D eigenvalue weighted by molar-refractivity contribution is 7.90. The molecule has 0 N–H and O–H groups in total. The summed E-state index contributed by atoms with van der Waals surface area (Å²) in [6.07, 6.45) is 3.15. The Labute approximate surface area is 214 Å². The highest BCUT2D eigenvalue weighted by Crippen LogP contribution is 2.31. The van der Waals surface area contributed by atoms with E-state index in [9.17, 15) is 8.42 Å². The second-order valence-corrected chi connectivity index (χ2v) is 12.2. The molecule has 1 fully saturated rings. The molecule has 0 spiro atoms. The normalized spacial score (nSPS) is 17.3. The SMILES string of the molecule is CC(C)N1CCN(c2ccc(-c3cnc4cc(-c5ccc(S(C)(=O)=O)cc5)n(C)c4c3)cc2)C[C@H]1C. The molecule has 0 bridgehead atoms. The maximum atomic E-state index is 11.8. The number of rotatable bonds is 5. The summed E-state index contributed by atoms with van der Waals surface area (Å²) in [7, 11) is -1.19. The molecule has 1 atom stereocenters. The second kappa shape index (κ2) is 9.37. The fourth-order valence-electron chi connectivity index (χ4n) is 5.35. The largest absolute Gasteiger partial charge is 0.369 e. The number of sulfone groups is 1. The molecule has 0 radical (unpaired) electrons. The van der Waals surface area contributed by atoms with Crippen LogP contribution in [0.4, 0.5) is 5.69 Å². The smallest absolute Gasteiger partial charge is 0.175 e. The number of pyridine rings is 1. The average molecular weight is 503 g/mol. The van der Waals surface area contributed by atoms with Crippen molar-refractivity contribution in [3.05, 3.63) is 66.9 Å². The molecule has 1 aliphatic heterocycles. The van der Waals surface area contributed by atoms with Gasteiger partial charge in [0.2, 0.25) is 0 Å². The molecule has 2 aromatic heterocycles. The third-order valence-electron chi connectivity index (χ3n) is 7.38. The lowest BCUT2D eigenvalue weighted by atomic mass is 10.1. The quantitative estimate of drug-likeness (QED) is 0.374. The number of hydrogen-bond donors (Lipinski definition) is 0. The van der Waals surface area contributed by atoms with Crippen LogP contribution in [0, 0.1) is 0 Å². The van der Waals surface area contributed by atoms with E-state index in [4.69, 9.17) is 4.98 Å². The van der Waals surface area contributed by atoms with Gasteiger partial charge in [0.05, 0.1) is 21.6 Å². The van der Waals surface area contributed by atoms with Crippen LogP contribution in [-0.4, -0.2) is 60.8 Å². The van der Waals surface area contributed by atoms with Gasteiger partial charge in [0.1, 0.15) is 0 Å². The summed E-state index contributed by atoms with van der Waals surface area (Å²) < 4.78 is 25.7. The van der Waals surface area contributed by atoms with E-state index in [1.54, 1.807) is 12.1 Å². The summed E-state index contributed by atoms with van der Waals surface area (Å²) in [5.41, 5.74) is 7.39. The molecule has 6 nitrogen and oxygen atoms in total. The molecule has 0 saturated carbocycles. The van der Waals surface area contributed by atoms with Gasteiger partial charge in [0.25, 0.3) is 0 Å². The first-order valence-corrected chi connectivity index (χ1v) is 14.4. The molecule has 1 saturated heterocycles. The van der Waals surface area contributed by atoms with Gasteiger partial charge in [-0.1, -0.05) is 24.3 Å². The summed E-state index contributed by atoms with van der Waals surface area (Å²) in [5.74, 6) is 0. The minimum atomic E-state index is -3.22. The van der Waals surface area contributed by atoms with Crippen molar-refractivity contribution in [2.75, 3.05) is 30.8 Å². The van der Waals surface area contributed by atoms with Crippen LogP contribution in [0.5, 0.6) is 0 Å². The Bertz CT molecular complexity index is 1490. The molecule has 0 amide bonds. The Morgan fingerprint density at radius 2 is 1.58 bits per heavy atom. The van der Waals surface area contributed by atoms with E-state index >= 15 is 0 Å². The van der Waals surface area contributed by atoms with Gasteiger partial charge in [0.15, 0.2) is 9.84 Å². The van der Waals surface area contributed by atoms with Gasteiger partial charge in [-0.05, 0) is 68.3 Å². The van der Waals surface area contributed by atoms with Crippen molar-refractivity contribution in [1.82, 2.24) is 14.5 Å². The van der Waals surface area contributed by atoms with Gasteiger partial charge in [-0.3, -0.25) is 9.88 Å². The van der Waals surface area contributed by atoms with E-state index in [2.05, 4.69) is 71.5 Å². The number of anilines is 1. The van der Waals surface area contributed by atoms with Crippen molar-refractivity contribution in [2.24, 2.45) is 7.05 Å². The molecular weight excluding hydrogens is 468 g/mol. The van der Waals surface area contributed by atoms with E-state index in [-0.39, 0.29) is 0 Å². The lowest BCUT2D eigenvalue weighted by Crippen LogP contribution is -2.54. The number of aromatic nitrogens is 2.